The number of para-hydroxylation sites is 2. The Bertz CT molecular complexity index is 866. The number of nitrogens with zero attached hydrogens (tertiary/aromatic N) is 1. The number of hydrogen-bond donors (Lipinski definition) is 2. The first-order valence-corrected chi connectivity index (χ1v) is 8.93. The molecule has 1 fully saturated rings. The molecule has 0 aliphatic carbocycles. The smallest absolute Gasteiger partial charge is 0.321 e. The molecule has 1 heterocycles. The van der Waals surface area contributed by atoms with Gasteiger partial charge in [-0.1, -0.05) is 12.1 Å². The molecule has 3 amide bonds. The quantitative estimate of drug-likeness (QED) is 0.825. The van der Waals surface area contributed by atoms with Crippen molar-refractivity contribution in [1.29, 1.82) is 0 Å². The number of carbonyl (C=O) groups excluding carboxylic acids is 2. The van der Waals surface area contributed by atoms with Gasteiger partial charge in [0.2, 0.25) is 0 Å². The highest BCUT2D eigenvalue weighted by Crippen LogP contribution is 2.29. The van der Waals surface area contributed by atoms with E-state index in [0.717, 1.165) is 6.07 Å². The van der Waals surface area contributed by atoms with Crippen molar-refractivity contribution in [1.82, 2.24) is 4.90 Å². The molecule has 7 nitrogen and oxygen atoms in total. The van der Waals surface area contributed by atoms with Gasteiger partial charge >= 0.3 is 6.03 Å². The number of amides is 3. The summed E-state index contributed by atoms with van der Waals surface area (Å²) in [6, 6.07) is 10.8. The van der Waals surface area contributed by atoms with E-state index in [9.17, 15) is 14.0 Å². The van der Waals surface area contributed by atoms with Crippen LogP contribution in [0.25, 0.3) is 0 Å². The van der Waals surface area contributed by atoms with Gasteiger partial charge < -0.3 is 25.4 Å². The Kier molecular flexibility index (Phi) is 5.98. The van der Waals surface area contributed by atoms with E-state index in [4.69, 9.17) is 15.2 Å². The van der Waals surface area contributed by atoms with Crippen LogP contribution in [-0.4, -0.2) is 43.1 Å². The van der Waals surface area contributed by atoms with Crippen molar-refractivity contribution in [2.75, 3.05) is 25.5 Å². The molecule has 1 saturated heterocycles. The number of likely N-dealkylation sites (tertiary alicyclic amines) is 1. The second-order valence-corrected chi connectivity index (χ2v) is 6.44. The van der Waals surface area contributed by atoms with Gasteiger partial charge in [-0.05, 0) is 30.3 Å². The molecule has 0 saturated carbocycles. The summed E-state index contributed by atoms with van der Waals surface area (Å²) < 4.78 is 24.8. The number of piperidine rings is 1. The van der Waals surface area contributed by atoms with Gasteiger partial charge in [-0.3, -0.25) is 4.79 Å². The number of nitrogens with one attached hydrogen (secondary N) is 1. The van der Waals surface area contributed by atoms with Crippen molar-refractivity contribution in [2.24, 2.45) is 5.73 Å². The number of anilines is 1. The van der Waals surface area contributed by atoms with Gasteiger partial charge in [0.05, 0.1) is 12.7 Å². The van der Waals surface area contributed by atoms with Crippen molar-refractivity contribution in [3.63, 3.8) is 0 Å². The summed E-state index contributed by atoms with van der Waals surface area (Å²) in [7, 11) is 1.59. The fourth-order valence-corrected chi connectivity index (χ4v) is 3.07. The molecule has 0 bridgehead atoms. The van der Waals surface area contributed by atoms with Crippen molar-refractivity contribution in [2.45, 2.75) is 18.9 Å². The summed E-state index contributed by atoms with van der Waals surface area (Å²) in [5.74, 6) is -0.259. The SMILES string of the molecule is COc1ccccc1OC1CCN(C(=O)Nc2ccc(F)c(C(N)=O)c2)CC1. The Morgan fingerprint density at radius 1 is 1.14 bits per heavy atom. The zero-order valence-corrected chi connectivity index (χ0v) is 15.5. The predicted molar refractivity (Wildman–Crippen MR) is 102 cm³/mol. The van der Waals surface area contributed by atoms with Gasteiger partial charge in [0, 0.05) is 31.6 Å². The van der Waals surface area contributed by atoms with Gasteiger partial charge in [-0.2, -0.15) is 0 Å². The lowest BCUT2D eigenvalue weighted by Crippen LogP contribution is -2.43. The van der Waals surface area contributed by atoms with Gasteiger partial charge in [0.1, 0.15) is 11.9 Å². The van der Waals surface area contributed by atoms with E-state index in [1.54, 1.807) is 12.0 Å². The Labute approximate surface area is 162 Å². The van der Waals surface area contributed by atoms with Crippen LogP contribution < -0.4 is 20.5 Å². The number of carbonyl (C=O) groups is 2. The number of benzene rings is 2. The second-order valence-electron chi connectivity index (χ2n) is 6.44. The molecule has 1 aliphatic heterocycles. The van der Waals surface area contributed by atoms with Crippen LogP contribution in [-0.2, 0) is 0 Å². The van der Waals surface area contributed by atoms with E-state index in [1.165, 1.54) is 12.1 Å². The Morgan fingerprint density at radius 2 is 1.82 bits per heavy atom. The lowest BCUT2D eigenvalue weighted by Gasteiger charge is -2.32. The first kappa shape index (κ1) is 19.5. The highest BCUT2D eigenvalue weighted by Gasteiger charge is 2.25. The molecule has 148 valence electrons. The normalized spacial score (nSPS) is 14.4. The van der Waals surface area contributed by atoms with Crippen LogP contribution >= 0.6 is 0 Å². The topological polar surface area (TPSA) is 93.9 Å². The van der Waals surface area contributed by atoms with E-state index in [-0.39, 0.29) is 17.7 Å². The number of nitrogens with two attached hydrogens (primary N) is 1. The minimum Gasteiger partial charge on any atom is -0.493 e. The third-order valence-corrected chi connectivity index (χ3v) is 4.57. The maximum Gasteiger partial charge on any atom is 0.321 e. The Balaban J connectivity index is 1.55. The minimum atomic E-state index is -0.886. The van der Waals surface area contributed by atoms with Crippen LogP contribution in [0.2, 0.25) is 0 Å². The number of ether oxygens (including phenoxy) is 2. The number of hydrogen-bond acceptors (Lipinski definition) is 4. The highest BCUT2D eigenvalue weighted by molar-refractivity contribution is 5.96. The molecule has 1 aliphatic rings. The fourth-order valence-electron chi connectivity index (χ4n) is 3.07. The largest absolute Gasteiger partial charge is 0.493 e. The molecule has 3 rings (SSSR count). The first-order valence-electron chi connectivity index (χ1n) is 8.93. The molecule has 0 atom stereocenters. The average molecular weight is 387 g/mol. The zero-order chi connectivity index (χ0) is 20.1. The molecule has 28 heavy (non-hydrogen) atoms. The molecular formula is C20H22FN3O4. The molecule has 0 aromatic heterocycles. The fraction of sp³-hybridized carbons (Fsp3) is 0.300. The van der Waals surface area contributed by atoms with Gasteiger partial charge in [0.15, 0.2) is 11.5 Å². The van der Waals surface area contributed by atoms with Crippen molar-refractivity contribution < 1.29 is 23.5 Å². The number of rotatable bonds is 5. The molecule has 2 aromatic carbocycles. The van der Waals surface area contributed by atoms with Crippen LogP contribution in [0.3, 0.4) is 0 Å². The molecule has 0 unspecified atom stereocenters. The average Bonchev–Trinajstić information content (AvgIpc) is 2.70. The minimum absolute atomic E-state index is 0.0207. The van der Waals surface area contributed by atoms with E-state index in [2.05, 4.69) is 5.32 Å². The monoisotopic (exact) mass is 387 g/mol. The maximum absolute atomic E-state index is 13.5. The summed E-state index contributed by atoms with van der Waals surface area (Å²) in [6.45, 7) is 1.02. The highest BCUT2D eigenvalue weighted by atomic mass is 19.1. The number of urea groups is 1. The molecule has 0 spiro atoms. The Morgan fingerprint density at radius 3 is 2.46 bits per heavy atom. The third-order valence-electron chi connectivity index (χ3n) is 4.57. The molecular weight excluding hydrogens is 365 g/mol. The lowest BCUT2D eigenvalue weighted by atomic mass is 10.1. The maximum atomic E-state index is 13.5. The summed E-state index contributed by atoms with van der Waals surface area (Å²) in [6.07, 6.45) is 1.32. The van der Waals surface area contributed by atoms with E-state index in [0.29, 0.717) is 43.1 Å². The van der Waals surface area contributed by atoms with Crippen molar-refractivity contribution in [3.8, 4) is 11.5 Å². The molecule has 8 heteroatoms. The van der Waals surface area contributed by atoms with Gasteiger partial charge in [-0.25, -0.2) is 9.18 Å². The molecule has 3 N–H and O–H groups in total. The number of primary amides is 1. The summed E-state index contributed by atoms with van der Waals surface area (Å²) >= 11 is 0. The summed E-state index contributed by atoms with van der Waals surface area (Å²) in [4.78, 5) is 25.3. The van der Waals surface area contributed by atoms with Crippen LogP contribution in [0.4, 0.5) is 14.9 Å². The van der Waals surface area contributed by atoms with Crippen LogP contribution in [0.1, 0.15) is 23.2 Å². The lowest BCUT2D eigenvalue weighted by molar-refractivity contribution is 0.0996. The third kappa shape index (κ3) is 4.51. The first-order chi connectivity index (χ1) is 13.5. The Hall–Kier alpha value is -3.29. The van der Waals surface area contributed by atoms with E-state index in [1.807, 2.05) is 24.3 Å². The standard InChI is InChI=1S/C20H22FN3O4/c1-27-17-4-2-3-5-18(17)28-14-8-10-24(11-9-14)20(26)23-13-6-7-16(21)15(12-13)19(22)25/h2-7,12,14H,8-11H2,1H3,(H2,22,25)(H,23,26). The van der Waals surface area contributed by atoms with E-state index >= 15 is 0 Å². The number of methoxy groups -OCH3 is 1. The number of halogens is 1. The summed E-state index contributed by atoms with van der Waals surface area (Å²) in [5, 5.41) is 2.67. The van der Waals surface area contributed by atoms with E-state index < -0.39 is 11.7 Å². The van der Waals surface area contributed by atoms with Crippen molar-refractivity contribution >= 4 is 17.6 Å². The second kappa shape index (κ2) is 8.60. The van der Waals surface area contributed by atoms with Gasteiger partial charge in [0.25, 0.3) is 5.91 Å². The molecule has 0 radical (unpaired) electrons. The van der Waals surface area contributed by atoms with Crippen LogP contribution in [0.5, 0.6) is 11.5 Å². The van der Waals surface area contributed by atoms with Gasteiger partial charge in [-0.15, -0.1) is 0 Å². The molecule has 2 aromatic rings. The van der Waals surface area contributed by atoms with Crippen LogP contribution in [0.15, 0.2) is 42.5 Å². The van der Waals surface area contributed by atoms with Crippen LogP contribution in [0, 0.1) is 5.82 Å². The van der Waals surface area contributed by atoms with Crippen molar-refractivity contribution in [3.05, 3.63) is 53.8 Å². The predicted octanol–water partition coefficient (Wildman–Crippen LogP) is 3.01. The summed E-state index contributed by atoms with van der Waals surface area (Å²) in [5.41, 5.74) is 5.18. The zero-order valence-electron chi connectivity index (χ0n) is 15.5.